The predicted octanol–water partition coefficient (Wildman–Crippen LogP) is 3.07. The van der Waals surface area contributed by atoms with Gasteiger partial charge in [0.1, 0.15) is 0 Å². The maximum absolute atomic E-state index is 14.4. The van der Waals surface area contributed by atoms with E-state index in [2.05, 4.69) is 0 Å². The van der Waals surface area contributed by atoms with E-state index in [1.807, 2.05) is 0 Å². The molecular weight excluding hydrogens is 651 g/mol. The first-order valence-electron chi connectivity index (χ1n) is 9.20. The zero-order valence-corrected chi connectivity index (χ0v) is 20.5. The van der Waals surface area contributed by atoms with E-state index in [0.29, 0.717) is 36.4 Å². The Balaban J connectivity index is 2.67. The molecule has 0 fully saturated rings. The number of carbonyl (C=O) groups is 2. The molecule has 0 aliphatic rings. The number of hydrogen-bond donors (Lipinski definition) is 0. The first-order valence-corrected chi connectivity index (χ1v) is 17.3. The van der Waals surface area contributed by atoms with Crippen molar-refractivity contribution in [3.8, 4) is 0 Å². The Bertz CT molecular complexity index is 1130. The molecule has 0 heterocycles. The molecule has 0 amide bonds. The van der Waals surface area contributed by atoms with E-state index >= 15 is 0 Å². The Labute approximate surface area is 186 Å². The van der Waals surface area contributed by atoms with E-state index < -0.39 is 76.3 Å². The molecule has 3 aromatic rings. The van der Waals surface area contributed by atoms with Crippen LogP contribution in [0.1, 0.15) is 13.8 Å². The quantitative estimate of drug-likeness (QED) is 0.311. The molecule has 0 N–H and O–H groups in total. The van der Waals surface area contributed by atoms with Crippen LogP contribution >= 0.6 is 0 Å². The van der Waals surface area contributed by atoms with Crippen LogP contribution in [0, 0.1) is 34.9 Å². The third kappa shape index (κ3) is 4.10. The Morgan fingerprint density at radius 3 is 1.03 bits per heavy atom. The summed E-state index contributed by atoms with van der Waals surface area (Å²) in [6.45, 7) is 1.77. The Hall–Kier alpha value is -2.94. The zero-order valence-electron chi connectivity index (χ0n) is 17.0. The van der Waals surface area contributed by atoms with Gasteiger partial charge in [0.05, 0.1) is 0 Å². The van der Waals surface area contributed by atoms with Gasteiger partial charge in [0.15, 0.2) is 0 Å². The molecule has 4 nitrogen and oxygen atoms in total. The van der Waals surface area contributed by atoms with Gasteiger partial charge in [0.2, 0.25) is 0 Å². The molecule has 3 rings (SSSR count). The standard InChI is InChI=1S/3C6H3F2.2C2H4O2.Bi/c3*7-5-3-1-2-4-6(5)8;2*1-2(3)4;/h3*1,3-4H;2*1H3,(H,3,4);/q;;;;;+2/p-2. The summed E-state index contributed by atoms with van der Waals surface area (Å²) in [6.07, 6.45) is 0. The number of rotatable bonds is 5. The summed E-state index contributed by atoms with van der Waals surface area (Å²) >= 11 is -7.07. The van der Waals surface area contributed by atoms with E-state index in [9.17, 15) is 35.9 Å². The Morgan fingerprint density at radius 1 is 0.545 bits per heavy atom. The minimum absolute atomic E-state index is 0.428. The van der Waals surface area contributed by atoms with Crippen LogP contribution in [0.15, 0.2) is 54.6 Å². The molecule has 0 saturated carbocycles. The van der Waals surface area contributed by atoms with Gasteiger partial charge >= 0.3 is 186 Å². The van der Waals surface area contributed by atoms with Crippen molar-refractivity contribution in [3.05, 3.63) is 89.5 Å². The molecule has 11 heteroatoms. The van der Waals surface area contributed by atoms with Crippen molar-refractivity contribution in [2.24, 2.45) is 0 Å². The van der Waals surface area contributed by atoms with E-state index in [0.717, 1.165) is 32.0 Å². The average molecular weight is 666 g/mol. The summed E-state index contributed by atoms with van der Waals surface area (Å²) in [5.74, 6) is -10.6. The second-order valence-corrected chi connectivity index (χ2v) is 21.8. The summed E-state index contributed by atoms with van der Waals surface area (Å²) in [4.78, 5) is 24.7. The number of benzene rings is 3. The van der Waals surface area contributed by atoms with E-state index in [4.69, 9.17) is 5.63 Å². The van der Waals surface area contributed by atoms with Crippen LogP contribution in [0.5, 0.6) is 0 Å². The summed E-state index contributed by atoms with van der Waals surface area (Å²) < 4.78 is 94.5. The van der Waals surface area contributed by atoms with Gasteiger partial charge in [0, 0.05) is 0 Å². The van der Waals surface area contributed by atoms with E-state index in [-0.39, 0.29) is 0 Å². The van der Waals surface area contributed by atoms with Crippen LogP contribution < -0.4 is 9.81 Å². The van der Waals surface area contributed by atoms with Gasteiger partial charge in [-0.05, 0) is 0 Å². The SMILES string of the molecule is CC(=O)[O][Bi]([O]C(C)=O)([c]1ccc(F)c(F)c1)([c]1ccc(F)c(F)c1)[c]1ccc(F)c(F)c1. The van der Waals surface area contributed by atoms with E-state index in [1.54, 1.807) is 0 Å². The van der Waals surface area contributed by atoms with Gasteiger partial charge in [-0.3, -0.25) is 0 Å². The minimum atomic E-state index is -7.07. The molecule has 0 unspecified atom stereocenters. The Morgan fingerprint density at radius 2 is 0.818 bits per heavy atom. The van der Waals surface area contributed by atoms with Crippen LogP contribution in [-0.2, 0) is 15.2 Å². The number of carbonyl (C=O) groups excluding carboxylic acids is 2. The molecular formula is C22H15BiF6O4. The first kappa shape index (κ1) is 24.7. The van der Waals surface area contributed by atoms with Crippen LogP contribution in [-0.4, -0.2) is 31.6 Å². The topological polar surface area (TPSA) is 52.6 Å². The van der Waals surface area contributed by atoms with Crippen LogP contribution in [0.25, 0.3) is 0 Å². The second-order valence-electron chi connectivity index (χ2n) is 6.92. The molecule has 174 valence electrons. The van der Waals surface area contributed by atoms with Crippen molar-refractivity contribution >= 4 is 41.4 Å². The number of halogens is 6. The fourth-order valence-corrected chi connectivity index (χ4v) is 21.5. The van der Waals surface area contributed by atoms with Gasteiger partial charge < -0.3 is 0 Å². The molecule has 0 atom stereocenters. The molecule has 0 bridgehead atoms. The van der Waals surface area contributed by atoms with Crippen molar-refractivity contribution in [1.82, 2.24) is 0 Å². The van der Waals surface area contributed by atoms with Crippen molar-refractivity contribution in [2.75, 3.05) is 0 Å². The van der Waals surface area contributed by atoms with Crippen LogP contribution in [0.2, 0.25) is 0 Å². The Kier molecular flexibility index (Phi) is 6.57. The van der Waals surface area contributed by atoms with Crippen molar-refractivity contribution in [3.63, 3.8) is 0 Å². The average Bonchev–Trinajstić information content (AvgIpc) is 2.72. The van der Waals surface area contributed by atoms with Gasteiger partial charge in [-0.2, -0.15) is 0 Å². The van der Waals surface area contributed by atoms with Crippen molar-refractivity contribution < 1.29 is 41.6 Å². The zero-order chi connectivity index (χ0) is 24.6. The second kappa shape index (κ2) is 8.78. The summed E-state index contributed by atoms with van der Waals surface area (Å²) in [7, 11) is 0. The number of hydrogen-bond acceptors (Lipinski definition) is 4. The molecule has 0 aliphatic heterocycles. The normalized spacial score (nSPS) is 12.5. The monoisotopic (exact) mass is 666 g/mol. The molecule has 0 aromatic heterocycles. The third-order valence-electron chi connectivity index (χ3n) is 4.72. The van der Waals surface area contributed by atoms with Gasteiger partial charge in [-0.25, -0.2) is 0 Å². The van der Waals surface area contributed by atoms with Crippen LogP contribution in [0.4, 0.5) is 26.3 Å². The maximum atomic E-state index is 14.4. The van der Waals surface area contributed by atoms with Crippen LogP contribution in [0.3, 0.4) is 0 Å². The molecule has 0 spiro atoms. The molecule has 3 aromatic carbocycles. The summed E-state index contributed by atoms with van der Waals surface area (Å²) in [5.41, 5.74) is 0. The molecule has 0 radical (unpaired) electrons. The van der Waals surface area contributed by atoms with Gasteiger partial charge in [-0.15, -0.1) is 0 Å². The molecule has 0 aliphatic carbocycles. The predicted molar refractivity (Wildman–Crippen MR) is 107 cm³/mol. The summed E-state index contributed by atoms with van der Waals surface area (Å²) in [5, 5.41) is 0. The van der Waals surface area contributed by atoms with Gasteiger partial charge in [0.25, 0.3) is 0 Å². The fraction of sp³-hybridized carbons (Fsp3) is 0.0909. The summed E-state index contributed by atoms with van der Waals surface area (Å²) in [6, 6.07) is 6.30. The van der Waals surface area contributed by atoms with Gasteiger partial charge in [-0.1, -0.05) is 0 Å². The fourth-order valence-electron chi connectivity index (χ4n) is 3.49. The molecule has 0 saturated heterocycles. The van der Waals surface area contributed by atoms with E-state index in [1.165, 1.54) is 0 Å². The van der Waals surface area contributed by atoms with Crippen molar-refractivity contribution in [2.45, 2.75) is 13.8 Å². The van der Waals surface area contributed by atoms with Crippen molar-refractivity contribution in [1.29, 1.82) is 0 Å². The first-order chi connectivity index (χ1) is 15.4. The third-order valence-corrected chi connectivity index (χ3v) is 23.6. The molecule has 33 heavy (non-hydrogen) atoms.